The van der Waals surface area contributed by atoms with Gasteiger partial charge < -0.3 is 14.5 Å². The van der Waals surface area contributed by atoms with Crippen LogP contribution in [0.25, 0.3) is 0 Å². The number of aromatic nitrogens is 1. The standard InChI is InChI=1S/C23H30N4O4S2/c28-23(21-16-18-4-2-1-3-5-20(18)32-21)26-10-8-25(9-11-26)22-7-6-19(17-24-22)33(29,30)27-12-14-31-15-13-27/h6-7,16-17H,1-5,8-15H2. The van der Waals surface area contributed by atoms with E-state index in [1.165, 1.54) is 40.2 Å². The number of anilines is 1. The summed E-state index contributed by atoms with van der Waals surface area (Å²) >= 11 is 1.68. The fourth-order valence-electron chi connectivity index (χ4n) is 4.72. The Morgan fingerprint density at radius 3 is 2.45 bits per heavy atom. The predicted octanol–water partition coefficient (Wildman–Crippen LogP) is 2.40. The van der Waals surface area contributed by atoms with Crippen molar-refractivity contribution in [2.75, 3.05) is 57.4 Å². The van der Waals surface area contributed by atoms with Gasteiger partial charge in [-0.2, -0.15) is 4.31 Å². The third-order valence-corrected chi connectivity index (χ3v) is 9.78. The summed E-state index contributed by atoms with van der Waals surface area (Å²) in [6, 6.07) is 5.51. The molecular formula is C23H30N4O4S2. The Hall–Kier alpha value is -2.01. The zero-order valence-electron chi connectivity index (χ0n) is 18.7. The summed E-state index contributed by atoms with van der Waals surface area (Å²) in [4.78, 5) is 24.0. The summed E-state index contributed by atoms with van der Waals surface area (Å²) in [5, 5.41) is 0. The van der Waals surface area contributed by atoms with Crippen LogP contribution in [0, 0.1) is 0 Å². The topological polar surface area (TPSA) is 83.1 Å². The summed E-state index contributed by atoms with van der Waals surface area (Å²) < 4.78 is 32.3. The number of morpholine rings is 1. The Bertz CT molecular complexity index is 1060. The van der Waals surface area contributed by atoms with Crippen LogP contribution in [0.1, 0.15) is 39.4 Å². The van der Waals surface area contributed by atoms with Crippen LogP contribution < -0.4 is 4.90 Å². The number of rotatable bonds is 4. The Balaban J connectivity index is 1.20. The average Bonchev–Trinajstić information content (AvgIpc) is 3.14. The number of carbonyl (C=O) groups excluding carboxylic acids is 1. The predicted molar refractivity (Wildman–Crippen MR) is 128 cm³/mol. The van der Waals surface area contributed by atoms with E-state index in [4.69, 9.17) is 4.74 Å². The number of fused-ring (bicyclic) bond motifs is 1. The molecule has 0 aromatic carbocycles. The molecular weight excluding hydrogens is 460 g/mol. The van der Waals surface area contributed by atoms with Crippen LogP contribution in [0.3, 0.4) is 0 Å². The van der Waals surface area contributed by atoms with Crippen molar-refractivity contribution in [3.63, 3.8) is 0 Å². The second kappa shape index (κ2) is 9.69. The molecule has 3 aliphatic rings. The molecule has 0 saturated carbocycles. The summed E-state index contributed by atoms with van der Waals surface area (Å²) in [7, 11) is -3.54. The van der Waals surface area contributed by atoms with E-state index in [1.807, 2.05) is 4.90 Å². The summed E-state index contributed by atoms with van der Waals surface area (Å²) in [5.74, 6) is 0.874. The van der Waals surface area contributed by atoms with E-state index in [0.29, 0.717) is 52.5 Å². The van der Waals surface area contributed by atoms with Crippen LogP contribution in [-0.4, -0.2) is 81.0 Å². The van der Waals surface area contributed by atoms with Crippen LogP contribution >= 0.6 is 11.3 Å². The zero-order valence-corrected chi connectivity index (χ0v) is 20.4. The molecule has 0 radical (unpaired) electrons. The minimum Gasteiger partial charge on any atom is -0.379 e. The van der Waals surface area contributed by atoms with Gasteiger partial charge in [-0.15, -0.1) is 11.3 Å². The fourth-order valence-corrected chi connectivity index (χ4v) is 7.29. The first-order chi connectivity index (χ1) is 16.0. The average molecular weight is 491 g/mol. The summed E-state index contributed by atoms with van der Waals surface area (Å²) in [5.41, 5.74) is 1.37. The van der Waals surface area contributed by atoms with Crippen molar-refractivity contribution in [3.05, 3.63) is 39.7 Å². The van der Waals surface area contributed by atoms with Crippen molar-refractivity contribution in [1.29, 1.82) is 0 Å². The molecule has 8 nitrogen and oxygen atoms in total. The quantitative estimate of drug-likeness (QED) is 0.612. The number of amides is 1. The minimum absolute atomic E-state index is 0.132. The third-order valence-electron chi connectivity index (χ3n) is 6.68. The van der Waals surface area contributed by atoms with Gasteiger partial charge in [0.2, 0.25) is 10.0 Å². The number of ether oxygens (including phenoxy) is 1. The first-order valence-corrected chi connectivity index (χ1v) is 14.0. The number of piperazine rings is 1. The van der Waals surface area contributed by atoms with Crippen molar-refractivity contribution in [2.45, 2.75) is 37.0 Å². The van der Waals surface area contributed by atoms with Crippen molar-refractivity contribution in [2.24, 2.45) is 0 Å². The minimum atomic E-state index is -3.54. The molecule has 178 valence electrons. The number of thiophene rings is 1. The van der Waals surface area contributed by atoms with Crippen LogP contribution in [0.5, 0.6) is 0 Å². The number of nitrogens with zero attached hydrogens (tertiary/aromatic N) is 4. The maximum atomic E-state index is 13.1. The lowest BCUT2D eigenvalue weighted by Crippen LogP contribution is -2.48. The lowest BCUT2D eigenvalue weighted by atomic mass is 10.1. The smallest absolute Gasteiger partial charge is 0.264 e. The molecule has 0 N–H and O–H groups in total. The van der Waals surface area contributed by atoms with Crippen molar-refractivity contribution in [3.8, 4) is 0 Å². The Morgan fingerprint density at radius 2 is 1.73 bits per heavy atom. The molecule has 2 aromatic rings. The molecule has 5 rings (SSSR count). The lowest BCUT2D eigenvalue weighted by Gasteiger charge is -2.35. The van der Waals surface area contributed by atoms with E-state index in [0.717, 1.165) is 23.5 Å². The van der Waals surface area contributed by atoms with Gasteiger partial charge in [0.15, 0.2) is 0 Å². The highest BCUT2D eigenvalue weighted by molar-refractivity contribution is 7.89. The molecule has 0 unspecified atom stereocenters. The van der Waals surface area contributed by atoms with Gasteiger partial charge in [0.05, 0.1) is 18.1 Å². The number of pyridine rings is 1. The van der Waals surface area contributed by atoms with Crippen molar-refractivity contribution >= 4 is 33.1 Å². The maximum absolute atomic E-state index is 13.1. The first kappa shape index (κ1) is 22.8. The monoisotopic (exact) mass is 490 g/mol. The molecule has 0 spiro atoms. The van der Waals surface area contributed by atoms with E-state index >= 15 is 0 Å². The molecule has 4 heterocycles. The molecule has 1 aliphatic carbocycles. The van der Waals surface area contributed by atoms with E-state index in [-0.39, 0.29) is 10.8 Å². The second-order valence-corrected chi connectivity index (χ2v) is 11.8. The van der Waals surface area contributed by atoms with Gasteiger partial charge in [0.1, 0.15) is 10.7 Å². The van der Waals surface area contributed by atoms with E-state index < -0.39 is 10.0 Å². The fraction of sp³-hybridized carbons (Fsp3) is 0.565. The van der Waals surface area contributed by atoms with E-state index in [9.17, 15) is 13.2 Å². The van der Waals surface area contributed by atoms with Crippen molar-refractivity contribution in [1.82, 2.24) is 14.2 Å². The molecule has 1 amide bonds. The number of hydrogen-bond acceptors (Lipinski definition) is 7. The molecule has 33 heavy (non-hydrogen) atoms. The van der Waals surface area contributed by atoms with Crippen LogP contribution in [0.2, 0.25) is 0 Å². The molecule has 10 heteroatoms. The van der Waals surface area contributed by atoms with Crippen LogP contribution in [0.15, 0.2) is 29.3 Å². The zero-order chi connectivity index (χ0) is 22.8. The van der Waals surface area contributed by atoms with E-state index in [1.54, 1.807) is 23.5 Å². The molecule has 0 bridgehead atoms. The molecule has 2 saturated heterocycles. The molecule has 2 aliphatic heterocycles. The highest BCUT2D eigenvalue weighted by Gasteiger charge is 2.28. The van der Waals surface area contributed by atoms with Crippen molar-refractivity contribution < 1.29 is 17.9 Å². The molecule has 0 atom stereocenters. The van der Waals surface area contributed by atoms with Gasteiger partial charge in [0, 0.05) is 50.3 Å². The van der Waals surface area contributed by atoms with Gasteiger partial charge in [-0.1, -0.05) is 6.42 Å². The van der Waals surface area contributed by atoms with Crippen LogP contribution in [-0.2, 0) is 27.6 Å². The third kappa shape index (κ3) is 4.80. The van der Waals surface area contributed by atoms with E-state index in [2.05, 4.69) is 16.0 Å². The highest BCUT2D eigenvalue weighted by Crippen LogP contribution is 2.30. The largest absolute Gasteiger partial charge is 0.379 e. The second-order valence-electron chi connectivity index (χ2n) is 8.77. The number of carbonyl (C=O) groups is 1. The van der Waals surface area contributed by atoms with Gasteiger partial charge in [0.25, 0.3) is 5.91 Å². The SMILES string of the molecule is O=C(c1cc2c(s1)CCCCC2)N1CCN(c2ccc(S(=O)(=O)N3CCOCC3)cn2)CC1. The normalized spacial score (nSPS) is 20.4. The number of sulfonamides is 1. The first-order valence-electron chi connectivity index (χ1n) is 11.7. The lowest BCUT2D eigenvalue weighted by molar-refractivity contribution is 0.0730. The molecule has 2 fully saturated rings. The Kier molecular flexibility index (Phi) is 6.69. The van der Waals surface area contributed by atoms with Gasteiger partial charge in [-0.05, 0) is 49.4 Å². The van der Waals surface area contributed by atoms with Gasteiger partial charge >= 0.3 is 0 Å². The van der Waals surface area contributed by atoms with Crippen LogP contribution in [0.4, 0.5) is 5.82 Å². The molecule has 2 aromatic heterocycles. The number of hydrogen-bond donors (Lipinski definition) is 0. The number of aryl methyl sites for hydroxylation is 2. The Morgan fingerprint density at radius 1 is 0.970 bits per heavy atom. The summed E-state index contributed by atoms with van der Waals surface area (Å²) in [6.45, 7) is 4.21. The van der Waals surface area contributed by atoms with Gasteiger partial charge in [-0.3, -0.25) is 4.79 Å². The highest BCUT2D eigenvalue weighted by atomic mass is 32.2. The van der Waals surface area contributed by atoms with Gasteiger partial charge in [-0.25, -0.2) is 13.4 Å². The maximum Gasteiger partial charge on any atom is 0.264 e. The summed E-state index contributed by atoms with van der Waals surface area (Å²) in [6.07, 6.45) is 7.35. The Labute approximate surface area is 199 Å².